The van der Waals surface area contributed by atoms with Crippen LogP contribution in [0.5, 0.6) is 17.2 Å². The quantitative estimate of drug-likeness (QED) is 0.296. The van der Waals surface area contributed by atoms with Gasteiger partial charge in [0, 0.05) is 18.4 Å². The number of hydrogen-bond acceptors (Lipinski definition) is 5. The molecule has 0 fully saturated rings. The Morgan fingerprint density at radius 2 is 1.53 bits per heavy atom. The summed E-state index contributed by atoms with van der Waals surface area (Å²) in [5.74, 6) is 0.345. The lowest BCUT2D eigenvalue weighted by Crippen LogP contribution is -2.21. The molecule has 0 heterocycles. The van der Waals surface area contributed by atoms with Crippen LogP contribution in [0.2, 0.25) is 0 Å². The fourth-order valence-corrected chi connectivity index (χ4v) is 2.82. The highest BCUT2D eigenvalue weighted by molar-refractivity contribution is 6.02. The minimum atomic E-state index is -4.75. The van der Waals surface area contributed by atoms with Crippen LogP contribution in [0.3, 0.4) is 0 Å². The third kappa shape index (κ3) is 8.09. The molecule has 0 aliphatic carbocycles. The van der Waals surface area contributed by atoms with Crippen molar-refractivity contribution < 1.29 is 32.2 Å². The smallest absolute Gasteiger partial charge is 0.494 e. The van der Waals surface area contributed by atoms with Crippen molar-refractivity contribution in [1.82, 2.24) is 5.32 Å². The second kappa shape index (κ2) is 11.6. The van der Waals surface area contributed by atoms with Gasteiger partial charge in [-0.3, -0.25) is 4.79 Å². The number of carbonyl (C=O) groups is 1. The molecule has 0 spiro atoms. The molecule has 0 radical (unpaired) electrons. The predicted molar refractivity (Wildman–Crippen MR) is 121 cm³/mol. The molecule has 9 heteroatoms. The fourth-order valence-electron chi connectivity index (χ4n) is 2.82. The van der Waals surface area contributed by atoms with Gasteiger partial charge in [-0.15, -0.1) is 13.2 Å². The van der Waals surface area contributed by atoms with Crippen molar-refractivity contribution in [3.63, 3.8) is 0 Å². The van der Waals surface area contributed by atoms with Crippen molar-refractivity contribution in [3.05, 3.63) is 96.4 Å². The van der Waals surface area contributed by atoms with Crippen molar-refractivity contribution in [2.75, 3.05) is 11.9 Å². The third-order valence-electron chi connectivity index (χ3n) is 4.31. The normalized spacial score (nSPS) is 11.5. The molecule has 3 rings (SSSR count). The number of carbonyl (C=O) groups excluding carboxylic acids is 1. The van der Waals surface area contributed by atoms with Gasteiger partial charge in [0.05, 0.1) is 6.61 Å². The lowest BCUT2D eigenvalue weighted by molar-refractivity contribution is -0.274. The summed E-state index contributed by atoms with van der Waals surface area (Å²) >= 11 is 0. The SMILES string of the molecule is CCOc1ccc(NC(=O)/C(=C/NCc2ccc(OC(F)(F)F)cc2)Oc2ccccc2)cc1. The van der Waals surface area contributed by atoms with Gasteiger partial charge in [0.2, 0.25) is 5.76 Å². The van der Waals surface area contributed by atoms with Crippen molar-refractivity contribution in [3.8, 4) is 17.2 Å². The molecule has 0 saturated carbocycles. The molecule has 0 aromatic heterocycles. The Morgan fingerprint density at radius 3 is 2.15 bits per heavy atom. The van der Waals surface area contributed by atoms with Gasteiger partial charge in [-0.25, -0.2) is 0 Å². The van der Waals surface area contributed by atoms with Gasteiger partial charge < -0.3 is 24.8 Å². The zero-order valence-electron chi connectivity index (χ0n) is 18.3. The van der Waals surface area contributed by atoms with Gasteiger partial charge in [0.15, 0.2) is 0 Å². The standard InChI is InChI=1S/C25H23F3N2O4/c1-2-32-20-14-10-19(11-15-20)30-24(31)23(33-21-6-4-3-5-7-21)17-29-16-18-8-12-22(13-9-18)34-25(26,27)28/h3-15,17,29H,2,16H2,1H3,(H,30,31)/b23-17-. The maximum absolute atomic E-state index is 12.8. The highest BCUT2D eigenvalue weighted by atomic mass is 19.4. The monoisotopic (exact) mass is 472 g/mol. The maximum atomic E-state index is 12.8. The number of rotatable bonds is 10. The topological polar surface area (TPSA) is 68.8 Å². The molecular formula is C25H23F3N2O4. The summed E-state index contributed by atoms with van der Waals surface area (Å²) in [6.45, 7) is 2.66. The fraction of sp³-hybridized carbons (Fsp3) is 0.160. The van der Waals surface area contributed by atoms with Crippen LogP contribution in [0.4, 0.5) is 18.9 Å². The minimum Gasteiger partial charge on any atom is -0.494 e. The second-order valence-corrected chi connectivity index (χ2v) is 6.91. The average Bonchev–Trinajstić information content (AvgIpc) is 2.81. The van der Waals surface area contributed by atoms with Crippen LogP contribution in [-0.4, -0.2) is 18.9 Å². The van der Waals surface area contributed by atoms with Gasteiger partial charge >= 0.3 is 6.36 Å². The largest absolute Gasteiger partial charge is 0.573 e. The van der Waals surface area contributed by atoms with E-state index in [4.69, 9.17) is 9.47 Å². The number of nitrogens with one attached hydrogen (secondary N) is 2. The van der Waals surface area contributed by atoms with Crippen LogP contribution < -0.4 is 24.8 Å². The summed E-state index contributed by atoms with van der Waals surface area (Å²) in [5.41, 5.74) is 1.23. The molecule has 3 aromatic carbocycles. The average molecular weight is 472 g/mol. The molecule has 2 N–H and O–H groups in total. The van der Waals surface area contributed by atoms with E-state index in [0.29, 0.717) is 29.4 Å². The number of amides is 1. The number of halogens is 3. The van der Waals surface area contributed by atoms with Crippen LogP contribution in [0.25, 0.3) is 0 Å². The number of benzene rings is 3. The number of hydrogen-bond donors (Lipinski definition) is 2. The van der Waals surface area contributed by atoms with Gasteiger partial charge in [0.1, 0.15) is 17.2 Å². The van der Waals surface area contributed by atoms with E-state index in [1.807, 2.05) is 13.0 Å². The zero-order chi connectivity index (χ0) is 24.4. The molecule has 0 aliphatic rings. The summed E-state index contributed by atoms with van der Waals surface area (Å²) in [4.78, 5) is 12.8. The van der Waals surface area contributed by atoms with E-state index in [1.54, 1.807) is 48.5 Å². The Labute approximate surface area is 195 Å². The molecular weight excluding hydrogens is 449 g/mol. The Hall–Kier alpha value is -4.14. The molecule has 0 saturated heterocycles. The first-order chi connectivity index (χ1) is 16.3. The number of ether oxygens (including phenoxy) is 3. The van der Waals surface area contributed by atoms with Crippen molar-refractivity contribution in [1.29, 1.82) is 0 Å². The Balaban J connectivity index is 1.67. The Morgan fingerprint density at radius 1 is 0.882 bits per heavy atom. The Bertz CT molecular complexity index is 1080. The molecule has 1 amide bonds. The molecule has 0 aliphatic heterocycles. The lowest BCUT2D eigenvalue weighted by atomic mass is 10.2. The van der Waals surface area contributed by atoms with Gasteiger partial charge in [-0.1, -0.05) is 30.3 Å². The van der Waals surface area contributed by atoms with Gasteiger partial charge in [-0.05, 0) is 61.0 Å². The molecule has 6 nitrogen and oxygen atoms in total. The second-order valence-electron chi connectivity index (χ2n) is 6.91. The van der Waals surface area contributed by atoms with E-state index in [9.17, 15) is 18.0 Å². The summed E-state index contributed by atoms with van der Waals surface area (Å²) < 4.78 is 51.9. The molecule has 0 bridgehead atoms. The molecule has 34 heavy (non-hydrogen) atoms. The summed E-state index contributed by atoms with van der Waals surface area (Å²) in [7, 11) is 0. The Kier molecular flexibility index (Phi) is 8.39. The van der Waals surface area contributed by atoms with Crippen LogP contribution in [0, 0.1) is 0 Å². The van der Waals surface area contributed by atoms with Crippen molar-refractivity contribution in [2.45, 2.75) is 19.8 Å². The molecule has 3 aromatic rings. The van der Waals surface area contributed by atoms with Crippen LogP contribution in [0.1, 0.15) is 12.5 Å². The van der Waals surface area contributed by atoms with E-state index in [1.165, 1.54) is 30.5 Å². The molecule has 0 atom stereocenters. The van der Waals surface area contributed by atoms with E-state index in [0.717, 1.165) is 0 Å². The lowest BCUT2D eigenvalue weighted by Gasteiger charge is -2.12. The number of alkyl halides is 3. The van der Waals surface area contributed by atoms with E-state index < -0.39 is 12.3 Å². The summed E-state index contributed by atoms with van der Waals surface area (Å²) in [5, 5.41) is 5.71. The molecule has 178 valence electrons. The third-order valence-corrected chi connectivity index (χ3v) is 4.31. The van der Waals surface area contributed by atoms with Crippen LogP contribution >= 0.6 is 0 Å². The minimum absolute atomic E-state index is 0.00268. The van der Waals surface area contributed by atoms with Gasteiger partial charge in [0.25, 0.3) is 5.91 Å². The maximum Gasteiger partial charge on any atom is 0.573 e. The van der Waals surface area contributed by atoms with E-state index in [2.05, 4.69) is 15.4 Å². The first kappa shape index (κ1) is 24.5. The summed E-state index contributed by atoms with van der Waals surface area (Å²) in [6.07, 6.45) is -3.35. The first-order valence-electron chi connectivity index (χ1n) is 10.4. The highest BCUT2D eigenvalue weighted by Crippen LogP contribution is 2.23. The number of anilines is 1. The van der Waals surface area contributed by atoms with E-state index in [-0.39, 0.29) is 18.1 Å². The molecule has 0 unspecified atom stereocenters. The zero-order valence-corrected chi connectivity index (χ0v) is 18.3. The first-order valence-corrected chi connectivity index (χ1v) is 10.4. The number of para-hydroxylation sites is 1. The predicted octanol–water partition coefficient (Wildman–Crippen LogP) is 5.63. The van der Waals surface area contributed by atoms with Gasteiger partial charge in [-0.2, -0.15) is 0 Å². The van der Waals surface area contributed by atoms with Crippen molar-refractivity contribution >= 4 is 11.6 Å². The van der Waals surface area contributed by atoms with Crippen LogP contribution in [-0.2, 0) is 11.3 Å². The van der Waals surface area contributed by atoms with Crippen molar-refractivity contribution in [2.24, 2.45) is 0 Å². The van der Waals surface area contributed by atoms with Crippen LogP contribution in [0.15, 0.2) is 90.8 Å². The highest BCUT2D eigenvalue weighted by Gasteiger charge is 2.30. The van der Waals surface area contributed by atoms with E-state index >= 15 is 0 Å². The summed E-state index contributed by atoms with van der Waals surface area (Å²) in [6, 6.07) is 21.1.